The fourth-order valence-electron chi connectivity index (χ4n) is 2.85. The van der Waals surface area contributed by atoms with Crippen LogP contribution in [0, 0.1) is 6.92 Å². The summed E-state index contributed by atoms with van der Waals surface area (Å²) in [6.07, 6.45) is 5.68. The first-order chi connectivity index (χ1) is 10.2. The van der Waals surface area contributed by atoms with Gasteiger partial charge in [-0.15, -0.1) is 0 Å². The molecule has 108 valence electrons. The standard InChI is InChI=1S/C15H18N6/c1-11-9-12-13(17-10-11)18-15(14-16-3-4-21(12)14)20-7-5-19(2)6-8-20/h3-4,9-10H,5-8H2,1-2H3. The van der Waals surface area contributed by atoms with Crippen molar-refractivity contribution in [2.75, 3.05) is 38.1 Å². The first kappa shape index (κ1) is 12.5. The second-order valence-corrected chi connectivity index (χ2v) is 5.70. The molecule has 0 bridgehead atoms. The lowest BCUT2D eigenvalue weighted by Crippen LogP contribution is -2.45. The molecule has 0 amide bonds. The molecule has 0 aromatic carbocycles. The Morgan fingerprint density at radius 1 is 1.10 bits per heavy atom. The van der Waals surface area contributed by atoms with Crippen LogP contribution in [0.25, 0.3) is 16.8 Å². The molecule has 0 aliphatic carbocycles. The average Bonchev–Trinajstić information content (AvgIpc) is 2.97. The molecular formula is C15H18N6. The molecule has 1 aliphatic rings. The molecule has 0 N–H and O–H groups in total. The lowest BCUT2D eigenvalue weighted by molar-refractivity contribution is 0.312. The number of aromatic nitrogens is 4. The van der Waals surface area contributed by atoms with E-state index in [2.05, 4.69) is 37.3 Å². The molecule has 21 heavy (non-hydrogen) atoms. The van der Waals surface area contributed by atoms with Crippen LogP contribution >= 0.6 is 0 Å². The quantitative estimate of drug-likeness (QED) is 0.674. The molecule has 6 heteroatoms. The van der Waals surface area contributed by atoms with Gasteiger partial charge in [0.05, 0.1) is 5.52 Å². The smallest absolute Gasteiger partial charge is 0.180 e. The molecule has 0 radical (unpaired) electrons. The summed E-state index contributed by atoms with van der Waals surface area (Å²) in [6, 6.07) is 2.11. The molecule has 3 aromatic rings. The first-order valence-corrected chi connectivity index (χ1v) is 7.25. The molecule has 6 nitrogen and oxygen atoms in total. The Morgan fingerprint density at radius 2 is 1.90 bits per heavy atom. The van der Waals surface area contributed by atoms with Crippen molar-refractivity contribution in [2.24, 2.45) is 0 Å². The van der Waals surface area contributed by atoms with Gasteiger partial charge in [-0.2, -0.15) is 0 Å². The molecule has 0 spiro atoms. The van der Waals surface area contributed by atoms with Crippen molar-refractivity contribution >= 4 is 22.6 Å². The molecule has 4 heterocycles. The van der Waals surface area contributed by atoms with E-state index in [9.17, 15) is 0 Å². The summed E-state index contributed by atoms with van der Waals surface area (Å²) in [6.45, 7) is 6.10. The van der Waals surface area contributed by atoms with Gasteiger partial charge < -0.3 is 9.80 Å². The van der Waals surface area contributed by atoms with Crippen LogP contribution in [0.2, 0.25) is 0 Å². The van der Waals surface area contributed by atoms with Gasteiger partial charge in [-0.25, -0.2) is 15.0 Å². The monoisotopic (exact) mass is 282 g/mol. The maximum absolute atomic E-state index is 4.78. The van der Waals surface area contributed by atoms with Crippen LogP contribution < -0.4 is 4.90 Å². The highest BCUT2D eigenvalue weighted by Crippen LogP contribution is 2.23. The maximum Gasteiger partial charge on any atom is 0.180 e. The van der Waals surface area contributed by atoms with Gasteiger partial charge in [0.2, 0.25) is 0 Å². The first-order valence-electron chi connectivity index (χ1n) is 7.25. The van der Waals surface area contributed by atoms with Crippen LogP contribution in [0.1, 0.15) is 5.56 Å². The van der Waals surface area contributed by atoms with Gasteiger partial charge in [-0.1, -0.05) is 0 Å². The predicted molar refractivity (Wildman–Crippen MR) is 82.7 cm³/mol. The number of aryl methyl sites for hydroxylation is 1. The van der Waals surface area contributed by atoms with E-state index in [-0.39, 0.29) is 0 Å². The van der Waals surface area contributed by atoms with Gasteiger partial charge >= 0.3 is 0 Å². The minimum absolute atomic E-state index is 0.778. The molecule has 1 fully saturated rings. The van der Waals surface area contributed by atoms with Crippen molar-refractivity contribution in [2.45, 2.75) is 6.92 Å². The summed E-state index contributed by atoms with van der Waals surface area (Å²) in [7, 11) is 2.15. The van der Waals surface area contributed by atoms with Crippen LogP contribution in [0.4, 0.5) is 5.82 Å². The second-order valence-electron chi connectivity index (χ2n) is 5.70. The van der Waals surface area contributed by atoms with E-state index in [1.807, 2.05) is 25.5 Å². The van der Waals surface area contributed by atoms with Crippen molar-refractivity contribution in [3.8, 4) is 0 Å². The van der Waals surface area contributed by atoms with Gasteiger partial charge in [0.15, 0.2) is 17.1 Å². The molecule has 3 aromatic heterocycles. The van der Waals surface area contributed by atoms with Crippen LogP contribution in [0.3, 0.4) is 0 Å². The van der Waals surface area contributed by atoms with Crippen LogP contribution in [-0.2, 0) is 0 Å². The number of anilines is 1. The highest BCUT2D eigenvalue weighted by Gasteiger charge is 2.20. The summed E-state index contributed by atoms with van der Waals surface area (Å²) >= 11 is 0. The van der Waals surface area contributed by atoms with E-state index in [1.165, 1.54) is 0 Å². The van der Waals surface area contributed by atoms with Gasteiger partial charge in [0, 0.05) is 44.8 Å². The normalized spacial score (nSPS) is 17.0. The van der Waals surface area contributed by atoms with E-state index < -0.39 is 0 Å². The topological polar surface area (TPSA) is 49.6 Å². The van der Waals surface area contributed by atoms with Crippen LogP contribution in [-0.4, -0.2) is 57.5 Å². The van der Waals surface area contributed by atoms with Gasteiger partial charge in [0.1, 0.15) is 0 Å². The Kier molecular flexibility index (Phi) is 2.78. The van der Waals surface area contributed by atoms with E-state index in [1.54, 1.807) is 0 Å². The Morgan fingerprint density at radius 3 is 2.71 bits per heavy atom. The van der Waals surface area contributed by atoms with Gasteiger partial charge in [-0.3, -0.25) is 4.40 Å². The van der Waals surface area contributed by atoms with Crippen LogP contribution in [0.5, 0.6) is 0 Å². The highest BCUT2D eigenvalue weighted by atomic mass is 15.3. The number of likely N-dealkylation sites (N-methyl/N-ethyl adjacent to an activating group) is 1. The molecule has 1 saturated heterocycles. The SMILES string of the molecule is Cc1cnc2nc(N3CCN(C)CC3)c3nccn3c2c1. The number of hydrogen-bond acceptors (Lipinski definition) is 5. The van der Waals surface area contributed by atoms with E-state index in [0.717, 1.165) is 54.4 Å². The number of pyridine rings is 1. The molecule has 0 unspecified atom stereocenters. The number of piperazine rings is 1. The zero-order valence-corrected chi connectivity index (χ0v) is 12.3. The number of rotatable bonds is 1. The predicted octanol–water partition coefficient (Wildman–Crippen LogP) is 1.34. The Hall–Kier alpha value is -2.21. The zero-order chi connectivity index (χ0) is 14.4. The van der Waals surface area contributed by atoms with E-state index in [4.69, 9.17) is 4.98 Å². The Balaban J connectivity index is 1.91. The van der Waals surface area contributed by atoms with Crippen LogP contribution in [0.15, 0.2) is 24.7 Å². The van der Waals surface area contributed by atoms with Gasteiger partial charge in [-0.05, 0) is 25.6 Å². The fourth-order valence-corrected chi connectivity index (χ4v) is 2.85. The van der Waals surface area contributed by atoms with Crippen molar-refractivity contribution < 1.29 is 0 Å². The maximum atomic E-state index is 4.78. The Bertz CT molecular complexity index is 800. The highest BCUT2D eigenvalue weighted by molar-refractivity contribution is 5.80. The summed E-state index contributed by atoms with van der Waals surface area (Å²) in [5, 5.41) is 0. The number of nitrogens with zero attached hydrogens (tertiary/aromatic N) is 6. The third-order valence-electron chi connectivity index (χ3n) is 4.10. The third kappa shape index (κ3) is 2.03. The zero-order valence-electron chi connectivity index (χ0n) is 12.3. The Labute approximate surface area is 123 Å². The van der Waals surface area contributed by atoms with Crippen molar-refractivity contribution in [1.82, 2.24) is 24.3 Å². The average molecular weight is 282 g/mol. The lowest BCUT2D eigenvalue weighted by atomic mass is 10.3. The third-order valence-corrected chi connectivity index (χ3v) is 4.10. The minimum atomic E-state index is 0.778. The van der Waals surface area contributed by atoms with Crippen molar-refractivity contribution in [1.29, 1.82) is 0 Å². The molecule has 1 aliphatic heterocycles. The van der Waals surface area contributed by atoms with Crippen molar-refractivity contribution in [3.05, 3.63) is 30.2 Å². The molecule has 4 rings (SSSR count). The van der Waals surface area contributed by atoms with E-state index >= 15 is 0 Å². The molecule has 0 saturated carbocycles. The molecular weight excluding hydrogens is 264 g/mol. The summed E-state index contributed by atoms with van der Waals surface area (Å²) in [5.74, 6) is 0.942. The minimum Gasteiger partial charge on any atom is -0.351 e. The number of imidazole rings is 1. The second kappa shape index (κ2) is 4.66. The largest absolute Gasteiger partial charge is 0.351 e. The number of hydrogen-bond donors (Lipinski definition) is 0. The summed E-state index contributed by atoms with van der Waals surface area (Å²) < 4.78 is 2.09. The van der Waals surface area contributed by atoms with Gasteiger partial charge in [0.25, 0.3) is 0 Å². The fraction of sp³-hybridized carbons (Fsp3) is 0.400. The van der Waals surface area contributed by atoms with Crippen molar-refractivity contribution in [3.63, 3.8) is 0 Å². The number of fused-ring (bicyclic) bond motifs is 3. The summed E-state index contributed by atoms with van der Waals surface area (Å²) in [5.41, 5.74) is 3.84. The lowest BCUT2D eigenvalue weighted by Gasteiger charge is -2.33. The summed E-state index contributed by atoms with van der Waals surface area (Å²) in [4.78, 5) is 18.4. The molecule has 0 atom stereocenters. The van der Waals surface area contributed by atoms with E-state index in [0.29, 0.717) is 0 Å².